The Hall–Kier alpha value is -2.32. The largest absolute Gasteiger partial charge is 0.871 e. The summed E-state index contributed by atoms with van der Waals surface area (Å²) in [5.41, 5.74) is -0.810. The first-order valence-corrected chi connectivity index (χ1v) is 7.40. The van der Waals surface area contributed by atoms with Gasteiger partial charge in [-0.05, 0) is 12.1 Å². The van der Waals surface area contributed by atoms with Gasteiger partial charge in [-0.1, -0.05) is 35.5 Å². The molecule has 0 aliphatic carbocycles. The molecule has 1 N–H and O–H groups in total. The highest BCUT2D eigenvalue weighted by Crippen LogP contribution is 2.29. The van der Waals surface area contributed by atoms with Crippen molar-refractivity contribution in [1.82, 2.24) is 0 Å². The number of non-ortho nitro benzene ring substituents is 1. The first-order chi connectivity index (χ1) is 9.81. The summed E-state index contributed by atoms with van der Waals surface area (Å²) in [5.74, 6) is -0.684. The van der Waals surface area contributed by atoms with Crippen molar-refractivity contribution in [2.24, 2.45) is 0 Å². The molecule has 110 valence electrons. The minimum Gasteiger partial charge on any atom is -0.871 e. The second-order valence-electron chi connectivity index (χ2n) is 3.97. The van der Waals surface area contributed by atoms with Gasteiger partial charge in [0.1, 0.15) is 4.90 Å². The summed E-state index contributed by atoms with van der Waals surface area (Å²) >= 11 is 5.79. The Kier molecular flexibility index (Phi) is 4.01. The van der Waals surface area contributed by atoms with Crippen LogP contribution in [0.4, 0.5) is 11.4 Å². The van der Waals surface area contributed by atoms with Gasteiger partial charge in [0, 0.05) is 17.8 Å². The molecular formula is C12H8ClN2O5S-. The Bertz CT molecular complexity index is 807. The molecule has 0 unspecified atom stereocenters. The van der Waals surface area contributed by atoms with Crippen molar-refractivity contribution in [3.05, 3.63) is 57.6 Å². The molecule has 0 bridgehead atoms. The number of nitro benzene ring substituents is 1. The summed E-state index contributed by atoms with van der Waals surface area (Å²) in [6, 6.07) is 8.42. The smallest absolute Gasteiger partial charge is 0.271 e. The van der Waals surface area contributed by atoms with Crippen LogP contribution in [0, 0.1) is 10.1 Å². The summed E-state index contributed by atoms with van der Waals surface area (Å²) in [7, 11) is -4.11. The monoisotopic (exact) mass is 327 g/mol. The van der Waals surface area contributed by atoms with E-state index < -0.39 is 32.1 Å². The molecule has 0 heterocycles. The third-order valence-electron chi connectivity index (χ3n) is 2.54. The number of hydrogen-bond donors (Lipinski definition) is 1. The van der Waals surface area contributed by atoms with Crippen molar-refractivity contribution in [2.75, 3.05) is 4.72 Å². The molecular weight excluding hydrogens is 320 g/mol. The SMILES string of the molecule is O=[N+]([O-])c1ccc([O-])c(NS(=O)(=O)c2ccccc2Cl)c1. The number of hydrogen-bond acceptors (Lipinski definition) is 5. The number of nitro groups is 1. The van der Waals surface area contributed by atoms with Gasteiger partial charge in [0.15, 0.2) is 0 Å². The zero-order valence-electron chi connectivity index (χ0n) is 10.3. The fourth-order valence-corrected chi connectivity index (χ4v) is 3.16. The summed E-state index contributed by atoms with van der Waals surface area (Å²) in [6.07, 6.45) is 0. The van der Waals surface area contributed by atoms with Crippen LogP contribution in [0.1, 0.15) is 0 Å². The highest BCUT2D eigenvalue weighted by atomic mass is 35.5. The van der Waals surface area contributed by atoms with Gasteiger partial charge >= 0.3 is 0 Å². The summed E-state index contributed by atoms with van der Waals surface area (Å²) in [4.78, 5) is 9.71. The Labute approximate surface area is 125 Å². The van der Waals surface area contributed by atoms with E-state index in [4.69, 9.17) is 11.6 Å². The summed E-state index contributed by atoms with van der Waals surface area (Å²) in [5, 5.41) is 22.2. The summed E-state index contributed by atoms with van der Waals surface area (Å²) in [6.45, 7) is 0. The molecule has 0 saturated carbocycles. The fourth-order valence-electron chi connectivity index (χ4n) is 1.57. The van der Waals surface area contributed by atoms with Crippen LogP contribution in [0.25, 0.3) is 0 Å². The third kappa shape index (κ3) is 3.23. The molecule has 0 aliphatic heterocycles. The first kappa shape index (κ1) is 15.1. The predicted molar refractivity (Wildman–Crippen MR) is 74.8 cm³/mol. The second kappa shape index (κ2) is 5.58. The maximum Gasteiger partial charge on any atom is 0.271 e. The summed E-state index contributed by atoms with van der Waals surface area (Å²) < 4.78 is 26.3. The van der Waals surface area contributed by atoms with Crippen LogP contribution in [0.2, 0.25) is 5.02 Å². The van der Waals surface area contributed by atoms with Gasteiger partial charge in [-0.25, -0.2) is 8.42 Å². The normalized spacial score (nSPS) is 11.1. The number of nitrogens with one attached hydrogen (secondary N) is 1. The molecule has 0 fully saturated rings. The first-order valence-electron chi connectivity index (χ1n) is 5.54. The van der Waals surface area contributed by atoms with E-state index in [9.17, 15) is 23.6 Å². The van der Waals surface area contributed by atoms with Crippen molar-refractivity contribution >= 4 is 33.0 Å². The maximum absolute atomic E-state index is 12.2. The molecule has 9 heteroatoms. The number of halogens is 1. The van der Waals surface area contributed by atoms with E-state index in [-0.39, 0.29) is 9.92 Å². The van der Waals surface area contributed by atoms with Crippen LogP contribution >= 0.6 is 11.6 Å². The topological polar surface area (TPSA) is 112 Å². The van der Waals surface area contributed by atoms with E-state index in [1.807, 2.05) is 4.72 Å². The number of nitrogens with zero attached hydrogens (tertiary/aromatic N) is 1. The minimum atomic E-state index is -4.11. The van der Waals surface area contributed by atoms with Gasteiger partial charge in [-0.3, -0.25) is 14.8 Å². The van der Waals surface area contributed by atoms with Crippen LogP contribution in [0.15, 0.2) is 47.4 Å². The molecule has 2 rings (SSSR count). The highest BCUT2D eigenvalue weighted by molar-refractivity contribution is 7.92. The Morgan fingerprint density at radius 3 is 2.43 bits per heavy atom. The van der Waals surface area contributed by atoms with Crippen molar-refractivity contribution in [1.29, 1.82) is 0 Å². The number of sulfonamides is 1. The van der Waals surface area contributed by atoms with Crippen molar-refractivity contribution in [3.63, 3.8) is 0 Å². The van der Waals surface area contributed by atoms with Crippen LogP contribution in [-0.4, -0.2) is 13.3 Å². The molecule has 0 amide bonds. The minimum absolute atomic E-state index is 0.0251. The van der Waals surface area contributed by atoms with Gasteiger partial charge in [-0.2, -0.15) is 0 Å². The van der Waals surface area contributed by atoms with E-state index >= 15 is 0 Å². The average molecular weight is 328 g/mol. The van der Waals surface area contributed by atoms with Gasteiger partial charge < -0.3 is 5.11 Å². The van der Waals surface area contributed by atoms with Crippen molar-refractivity contribution in [2.45, 2.75) is 4.90 Å². The molecule has 7 nitrogen and oxygen atoms in total. The number of rotatable bonds is 4. The molecule has 2 aromatic rings. The number of benzene rings is 2. The average Bonchev–Trinajstić information content (AvgIpc) is 2.41. The Morgan fingerprint density at radius 2 is 1.81 bits per heavy atom. The molecule has 0 saturated heterocycles. The Balaban J connectivity index is 2.44. The van der Waals surface area contributed by atoms with E-state index in [1.165, 1.54) is 18.2 Å². The maximum atomic E-state index is 12.2. The lowest BCUT2D eigenvalue weighted by molar-refractivity contribution is -0.385. The standard InChI is InChI=1S/C12H9ClN2O5S/c13-9-3-1-2-4-12(9)21(19,20)14-10-7-8(15(17)18)5-6-11(10)16/h1-7,14,16H/p-1. The highest BCUT2D eigenvalue weighted by Gasteiger charge is 2.19. The van der Waals surface area contributed by atoms with Gasteiger partial charge in [-0.15, -0.1) is 0 Å². The quantitative estimate of drug-likeness (QED) is 0.682. The molecule has 0 aromatic heterocycles. The van der Waals surface area contributed by atoms with Gasteiger partial charge in [0.25, 0.3) is 15.7 Å². The third-order valence-corrected chi connectivity index (χ3v) is 4.41. The van der Waals surface area contributed by atoms with E-state index in [1.54, 1.807) is 6.07 Å². The van der Waals surface area contributed by atoms with Crippen LogP contribution < -0.4 is 9.83 Å². The lowest BCUT2D eigenvalue weighted by Gasteiger charge is -2.15. The zero-order valence-corrected chi connectivity index (χ0v) is 11.9. The lowest BCUT2D eigenvalue weighted by Crippen LogP contribution is -2.15. The van der Waals surface area contributed by atoms with Crippen molar-refractivity contribution in [3.8, 4) is 5.75 Å². The van der Waals surface area contributed by atoms with Gasteiger partial charge in [0.2, 0.25) is 0 Å². The molecule has 21 heavy (non-hydrogen) atoms. The lowest BCUT2D eigenvalue weighted by atomic mass is 10.2. The van der Waals surface area contributed by atoms with Crippen LogP contribution in [0.3, 0.4) is 0 Å². The van der Waals surface area contributed by atoms with Crippen molar-refractivity contribution < 1.29 is 18.4 Å². The molecule has 0 atom stereocenters. The zero-order chi connectivity index (χ0) is 15.6. The van der Waals surface area contributed by atoms with E-state index in [2.05, 4.69) is 0 Å². The van der Waals surface area contributed by atoms with Crippen LogP contribution in [0.5, 0.6) is 5.75 Å². The van der Waals surface area contributed by atoms with E-state index in [0.717, 1.165) is 18.2 Å². The van der Waals surface area contributed by atoms with Crippen LogP contribution in [-0.2, 0) is 10.0 Å². The molecule has 2 aromatic carbocycles. The second-order valence-corrected chi connectivity index (χ2v) is 6.03. The number of anilines is 1. The molecule has 0 radical (unpaired) electrons. The predicted octanol–water partition coefficient (Wildman–Crippen LogP) is 2.12. The molecule has 0 spiro atoms. The Morgan fingerprint density at radius 1 is 1.14 bits per heavy atom. The molecule has 0 aliphatic rings. The van der Waals surface area contributed by atoms with Gasteiger partial charge in [0.05, 0.1) is 9.95 Å². The van der Waals surface area contributed by atoms with E-state index in [0.29, 0.717) is 0 Å². The fraction of sp³-hybridized carbons (Fsp3) is 0.